The van der Waals surface area contributed by atoms with Gasteiger partial charge >= 0.3 is 0 Å². The fraction of sp³-hybridized carbons (Fsp3) is 0.375. The average Bonchev–Trinajstić information content (AvgIpc) is 3.11. The minimum Gasteiger partial charge on any atom is -0.335 e. The summed E-state index contributed by atoms with van der Waals surface area (Å²) in [5.41, 5.74) is 2.66. The molecule has 0 saturated heterocycles. The normalized spacial score (nSPS) is 16.4. The molecule has 0 aliphatic heterocycles. The first kappa shape index (κ1) is 13.0. The molecule has 3 aromatic rings. The van der Waals surface area contributed by atoms with Crippen LogP contribution in [0.25, 0.3) is 22.3 Å². The van der Waals surface area contributed by atoms with Crippen LogP contribution >= 0.6 is 0 Å². The summed E-state index contributed by atoms with van der Waals surface area (Å²) in [5, 5.41) is 14.6. The van der Waals surface area contributed by atoms with E-state index in [1.807, 2.05) is 41.0 Å². The van der Waals surface area contributed by atoms with Gasteiger partial charge < -0.3 is 4.57 Å². The number of rotatable bonds is 3. The van der Waals surface area contributed by atoms with E-state index in [0.717, 1.165) is 41.6 Å². The summed E-state index contributed by atoms with van der Waals surface area (Å²) in [4.78, 5) is 8.75. The van der Waals surface area contributed by atoms with Crippen LogP contribution in [0.5, 0.6) is 0 Å². The van der Waals surface area contributed by atoms with Gasteiger partial charge in [-0.3, -0.25) is 4.68 Å². The molecule has 0 atom stereocenters. The van der Waals surface area contributed by atoms with E-state index in [9.17, 15) is 0 Å². The molecule has 22 heavy (non-hydrogen) atoms. The van der Waals surface area contributed by atoms with Crippen LogP contribution in [0.15, 0.2) is 31.0 Å². The van der Waals surface area contributed by atoms with E-state index >= 15 is 0 Å². The van der Waals surface area contributed by atoms with E-state index in [1.165, 1.54) is 0 Å². The highest BCUT2D eigenvalue weighted by Gasteiger charge is 2.39. The van der Waals surface area contributed by atoms with E-state index in [0.29, 0.717) is 6.42 Å². The summed E-state index contributed by atoms with van der Waals surface area (Å²) in [5.74, 6) is 0. The van der Waals surface area contributed by atoms with Gasteiger partial charge in [-0.1, -0.05) is 0 Å². The van der Waals surface area contributed by atoms with Gasteiger partial charge in [0.25, 0.3) is 0 Å². The third-order valence-corrected chi connectivity index (χ3v) is 4.70. The number of aromatic nitrogens is 5. The fourth-order valence-electron chi connectivity index (χ4n) is 3.23. The Balaban J connectivity index is 1.79. The van der Waals surface area contributed by atoms with Crippen molar-refractivity contribution in [3.8, 4) is 17.3 Å². The van der Waals surface area contributed by atoms with Crippen LogP contribution in [0.4, 0.5) is 0 Å². The summed E-state index contributed by atoms with van der Waals surface area (Å²) in [6.45, 7) is 0. The minimum atomic E-state index is -0.115. The SMILES string of the molecule is Cn1ccc2c(-c3cnn(C4(CC#N)CCC4)c3)ncnc21. The Morgan fingerprint density at radius 2 is 2.23 bits per heavy atom. The molecular weight excluding hydrogens is 276 g/mol. The molecule has 1 aliphatic rings. The van der Waals surface area contributed by atoms with E-state index in [2.05, 4.69) is 21.1 Å². The maximum Gasteiger partial charge on any atom is 0.143 e. The number of hydrogen-bond donors (Lipinski definition) is 0. The molecule has 3 heterocycles. The third kappa shape index (κ3) is 1.75. The van der Waals surface area contributed by atoms with Crippen molar-refractivity contribution in [1.29, 1.82) is 5.26 Å². The summed E-state index contributed by atoms with van der Waals surface area (Å²) < 4.78 is 3.94. The third-order valence-electron chi connectivity index (χ3n) is 4.70. The Morgan fingerprint density at radius 1 is 1.36 bits per heavy atom. The molecule has 110 valence electrons. The standard InChI is InChI=1S/C16H16N6/c1-21-8-3-13-14(18-11-19-15(13)21)12-9-20-22(10-12)16(6-7-17)4-2-5-16/h3,8-11H,2,4-6H2,1H3. The van der Waals surface area contributed by atoms with E-state index in [4.69, 9.17) is 5.26 Å². The van der Waals surface area contributed by atoms with E-state index in [-0.39, 0.29) is 5.54 Å². The highest BCUT2D eigenvalue weighted by molar-refractivity contribution is 5.90. The molecule has 3 aromatic heterocycles. The zero-order valence-electron chi connectivity index (χ0n) is 12.4. The van der Waals surface area contributed by atoms with Crippen LogP contribution in [0.2, 0.25) is 0 Å². The quantitative estimate of drug-likeness (QED) is 0.744. The molecule has 0 radical (unpaired) electrons. The van der Waals surface area contributed by atoms with Crippen molar-refractivity contribution in [1.82, 2.24) is 24.3 Å². The molecule has 4 rings (SSSR count). The van der Waals surface area contributed by atoms with E-state index < -0.39 is 0 Å². The van der Waals surface area contributed by atoms with Gasteiger partial charge in [0.1, 0.15) is 12.0 Å². The average molecular weight is 292 g/mol. The van der Waals surface area contributed by atoms with Gasteiger partial charge in [-0.15, -0.1) is 0 Å². The van der Waals surface area contributed by atoms with Gasteiger partial charge in [-0.2, -0.15) is 10.4 Å². The number of fused-ring (bicyclic) bond motifs is 1. The molecule has 0 spiro atoms. The second-order valence-electron chi connectivity index (χ2n) is 5.97. The maximum absolute atomic E-state index is 9.08. The highest BCUT2D eigenvalue weighted by atomic mass is 15.3. The van der Waals surface area contributed by atoms with Crippen LogP contribution in [-0.4, -0.2) is 24.3 Å². The van der Waals surface area contributed by atoms with Crippen LogP contribution in [-0.2, 0) is 12.6 Å². The molecule has 1 saturated carbocycles. The van der Waals surface area contributed by atoms with Gasteiger partial charge in [0.15, 0.2) is 0 Å². The Hall–Kier alpha value is -2.68. The first-order chi connectivity index (χ1) is 10.7. The zero-order chi connectivity index (χ0) is 15.2. The molecule has 0 bridgehead atoms. The lowest BCUT2D eigenvalue weighted by Gasteiger charge is -2.40. The monoisotopic (exact) mass is 292 g/mol. The second-order valence-corrected chi connectivity index (χ2v) is 5.97. The molecular formula is C16H16N6. The molecule has 0 aromatic carbocycles. The Kier molecular flexibility index (Phi) is 2.76. The van der Waals surface area contributed by atoms with Gasteiger partial charge in [0.05, 0.1) is 29.9 Å². The summed E-state index contributed by atoms with van der Waals surface area (Å²) in [7, 11) is 1.97. The van der Waals surface area contributed by atoms with Gasteiger partial charge in [-0.25, -0.2) is 9.97 Å². The van der Waals surface area contributed by atoms with Crippen molar-refractivity contribution in [2.45, 2.75) is 31.2 Å². The first-order valence-electron chi connectivity index (χ1n) is 7.42. The molecule has 6 heteroatoms. The van der Waals surface area contributed by atoms with Crippen molar-refractivity contribution in [3.05, 3.63) is 31.0 Å². The minimum absolute atomic E-state index is 0.115. The van der Waals surface area contributed by atoms with Gasteiger partial charge in [0, 0.05) is 30.4 Å². The topological polar surface area (TPSA) is 72.3 Å². The van der Waals surface area contributed by atoms with Crippen LogP contribution in [0, 0.1) is 11.3 Å². The smallest absolute Gasteiger partial charge is 0.143 e. The van der Waals surface area contributed by atoms with Crippen molar-refractivity contribution >= 4 is 11.0 Å². The largest absolute Gasteiger partial charge is 0.335 e. The molecule has 0 N–H and O–H groups in total. The Labute approximate surface area is 128 Å². The molecule has 0 amide bonds. The predicted molar refractivity (Wildman–Crippen MR) is 81.8 cm³/mol. The lowest BCUT2D eigenvalue weighted by molar-refractivity contribution is 0.130. The summed E-state index contributed by atoms with van der Waals surface area (Å²) >= 11 is 0. The Bertz CT molecular complexity index is 878. The van der Waals surface area contributed by atoms with Crippen LogP contribution < -0.4 is 0 Å². The number of nitriles is 1. The predicted octanol–water partition coefficient (Wildman–Crippen LogP) is 2.62. The lowest BCUT2D eigenvalue weighted by atomic mass is 9.75. The fourth-order valence-corrected chi connectivity index (χ4v) is 3.23. The zero-order valence-corrected chi connectivity index (χ0v) is 12.4. The van der Waals surface area contributed by atoms with Gasteiger partial charge in [0.2, 0.25) is 0 Å². The summed E-state index contributed by atoms with van der Waals surface area (Å²) in [6, 6.07) is 4.33. The van der Waals surface area contributed by atoms with Crippen molar-refractivity contribution in [2.24, 2.45) is 7.05 Å². The van der Waals surface area contributed by atoms with Crippen LogP contribution in [0.3, 0.4) is 0 Å². The maximum atomic E-state index is 9.08. The Morgan fingerprint density at radius 3 is 2.95 bits per heavy atom. The first-order valence-corrected chi connectivity index (χ1v) is 7.42. The van der Waals surface area contributed by atoms with Crippen LogP contribution in [0.1, 0.15) is 25.7 Å². The van der Waals surface area contributed by atoms with E-state index in [1.54, 1.807) is 6.33 Å². The molecule has 1 aliphatic carbocycles. The highest BCUT2D eigenvalue weighted by Crippen LogP contribution is 2.42. The molecule has 6 nitrogen and oxygen atoms in total. The van der Waals surface area contributed by atoms with Crippen molar-refractivity contribution in [2.75, 3.05) is 0 Å². The molecule has 1 fully saturated rings. The number of nitrogens with zero attached hydrogens (tertiary/aromatic N) is 6. The number of aryl methyl sites for hydroxylation is 1. The van der Waals surface area contributed by atoms with Crippen molar-refractivity contribution in [3.63, 3.8) is 0 Å². The molecule has 0 unspecified atom stereocenters. The van der Waals surface area contributed by atoms with Gasteiger partial charge in [-0.05, 0) is 25.3 Å². The number of hydrogen-bond acceptors (Lipinski definition) is 4. The second kappa shape index (κ2) is 4.67. The summed E-state index contributed by atoms with van der Waals surface area (Å²) in [6.07, 6.45) is 11.1. The van der Waals surface area contributed by atoms with Crippen molar-refractivity contribution < 1.29 is 0 Å². The lowest BCUT2D eigenvalue weighted by Crippen LogP contribution is -2.40.